The van der Waals surface area contributed by atoms with Gasteiger partial charge in [-0.3, -0.25) is 4.79 Å². The van der Waals surface area contributed by atoms with Crippen molar-refractivity contribution in [2.24, 2.45) is 0 Å². The molecule has 0 spiro atoms. The topological polar surface area (TPSA) is 88.8 Å². The minimum absolute atomic E-state index is 0.0000222. The van der Waals surface area contributed by atoms with E-state index in [4.69, 9.17) is 49.1 Å². The third-order valence-corrected chi connectivity index (χ3v) is 4.80. The Bertz CT molecular complexity index is 1080. The Balaban J connectivity index is 1.89. The molecule has 0 aliphatic rings. The highest BCUT2D eigenvalue weighted by molar-refractivity contribution is 6.42. The van der Waals surface area contributed by atoms with Gasteiger partial charge in [0.25, 0.3) is 5.91 Å². The van der Waals surface area contributed by atoms with E-state index in [0.29, 0.717) is 21.4 Å². The second-order valence-corrected chi connectivity index (χ2v) is 6.81. The van der Waals surface area contributed by atoms with Gasteiger partial charge < -0.3 is 19.6 Å². The molecular formula is C19H12Cl3NO5. The van der Waals surface area contributed by atoms with Crippen molar-refractivity contribution < 1.29 is 23.8 Å². The Hall–Kier alpha value is -2.67. The van der Waals surface area contributed by atoms with Gasteiger partial charge in [-0.2, -0.15) is 0 Å². The van der Waals surface area contributed by atoms with E-state index in [1.165, 1.54) is 25.3 Å². The van der Waals surface area contributed by atoms with E-state index in [-0.39, 0.29) is 27.8 Å². The molecule has 1 aromatic heterocycles. The maximum atomic E-state index is 12.5. The Morgan fingerprint density at radius 1 is 1.00 bits per heavy atom. The van der Waals surface area contributed by atoms with Gasteiger partial charge in [0.2, 0.25) is 0 Å². The number of hydrogen-bond acceptors (Lipinski definition) is 4. The predicted molar refractivity (Wildman–Crippen MR) is 107 cm³/mol. The molecule has 0 unspecified atom stereocenters. The van der Waals surface area contributed by atoms with Crippen molar-refractivity contribution in [2.45, 2.75) is 0 Å². The normalized spacial score (nSPS) is 10.6. The molecule has 0 atom stereocenters. The van der Waals surface area contributed by atoms with E-state index >= 15 is 0 Å². The summed E-state index contributed by atoms with van der Waals surface area (Å²) in [6.45, 7) is 0. The van der Waals surface area contributed by atoms with Crippen molar-refractivity contribution in [3.05, 3.63) is 68.9 Å². The highest BCUT2D eigenvalue weighted by atomic mass is 35.5. The molecule has 0 radical (unpaired) electrons. The van der Waals surface area contributed by atoms with E-state index < -0.39 is 11.9 Å². The third kappa shape index (κ3) is 4.09. The standard InChI is InChI=1S/C19H12Cl3NO5/c1-27-17-13(22)7-10(19(25)26)8-14(17)23-18(24)16-5-4-15(28-16)9-2-3-11(20)12(21)6-9/h2-8H,1H3,(H,23,24)(H,25,26). The number of halogens is 3. The van der Waals surface area contributed by atoms with Crippen LogP contribution in [0.15, 0.2) is 46.9 Å². The smallest absolute Gasteiger partial charge is 0.335 e. The number of carbonyl (C=O) groups excluding carboxylic acids is 1. The second kappa shape index (κ2) is 8.14. The molecule has 1 heterocycles. The van der Waals surface area contributed by atoms with Gasteiger partial charge in [0.15, 0.2) is 11.5 Å². The van der Waals surface area contributed by atoms with Crippen LogP contribution in [0.25, 0.3) is 11.3 Å². The van der Waals surface area contributed by atoms with Crippen LogP contribution >= 0.6 is 34.8 Å². The number of aromatic carboxylic acids is 1. The first-order valence-corrected chi connectivity index (χ1v) is 8.91. The lowest BCUT2D eigenvalue weighted by Crippen LogP contribution is -2.13. The summed E-state index contributed by atoms with van der Waals surface area (Å²) < 4.78 is 10.7. The van der Waals surface area contributed by atoms with Gasteiger partial charge in [-0.25, -0.2) is 4.79 Å². The fourth-order valence-corrected chi connectivity index (χ4v) is 3.06. The summed E-state index contributed by atoms with van der Waals surface area (Å²) in [5, 5.41) is 12.5. The van der Waals surface area contributed by atoms with E-state index in [9.17, 15) is 9.59 Å². The van der Waals surface area contributed by atoms with Gasteiger partial charge in [-0.05, 0) is 42.5 Å². The molecule has 0 aliphatic heterocycles. The van der Waals surface area contributed by atoms with Gasteiger partial charge >= 0.3 is 5.97 Å². The van der Waals surface area contributed by atoms with E-state index in [0.717, 1.165) is 0 Å². The van der Waals surface area contributed by atoms with Crippen LogP contribution in [0.4, 0.5) is 5.69 Å². The molecule has 144 valence electrons. The molecule has 2 aromatic carbocycles. The molecule has 1 amide bonds. The van der Waals surface area contributed by atoms with Crippen LogP contribution < -0.4 is 10.1 Å². The number of hydrogen-bond donors (Lipinski definition) is 2. The van der Waals surface area contributed by atoms with E-state index in [2.05, 4.69) is 5.32 Å². The average molecular weight is 441 g/mol. The lowest BCUT2D eigenvalue weighted by Gasteiger charge is -2.12. The number of amides is 1. The molecule has 0 saturated carbocycles. The van der Waals surface area contributed by atoms with Crippen LogP contribution in [0.2, 0.25) is 15.1 Å². The first-order valence-electron chi connectivity index (χ1n) is 7.77. The van der Waals surface area contributed by atoms with Crippen LogP contribution in [0, 0.1) is 0 Å². The van der Waals surface area contributed by atoms with Gasteiger partial charge in [0.05, 0.1) is 33.4 Å². The summed E-state index contributed by atoms with van der Waals surface area (Å²) in [4.78, 5) is 23.8. The lowest BCUT2D eigenvalue weighted by molar-refractivity contribution is 0.0696. The number of anilines is 1. The summed E-state index contributed by atoms with van der Waals surface area (Å²) in [5.41, 5.74) is 0.642. The summed E-state index contributed by atoms with van der Waals surface area (Å²) in [6.07, 6.45) is 0. The average Bonchev–Trinajstić information content (AvgIpc) is 3.14. The van der Waals surface area contributed by atoms with Crippen molar-refractivity contribution >= 4 is 52.4 Å². The zero-order chi connectivity index (χ0) is 20.4. The quantitative estimate of drug-likeness (QED) is 0.518. The van der Waals surface area contributed by atoms with Crippen LogP contribution in [-0.4, -0.2) is 24.1 Å². The molecule has 0 saturated heterocycles. The summed E-state index contributed by atoms with van der Waals surface area (Å²) in [7, 11) is 1.35. The molecule has 0 aliphatic carbocycles. The van der Waals surface area contributed by atoms with Gasteiger partial charge in [-0.1, -0.05) is 34.8 Å². The maximum absolute atomic E-state index is 12.5. The fourth-order valence-electron chi connectivity index (χ4n) is 2.47. The largest absolute Gasteiger partial charge is 0.493 e. The number of furan rings is 1. The Morgan fingerprint density at radius 2 is 1.75 bits per heavy atom. The number of benzene rings is 2. The molecule has 6 nitrogen and oxygen atoms in total. The molecule has 9 heteroatoms. The maximum Gasteiger partial charge on any atom is 0.335 e. The highest BCUT2D eigenvalue weighted by Gasteiger charge is 2.19. The van der Waals surface area contributed by atoms with Crippen LogP contribution in [0.3, 0.4) is 0 Å². The van der Waals surface area contributed by atoms with Crippen molar-refractivity contribution in [3.63, 3.8) is 0 Å². The number of carboxylic acid groups (broad SMARTS) is 1. The summed E-state index contributed by atoms with van der Waals surface area (Å²) in [5.74, 6) is -1.26. The molecule has 0 fully saturated rings. The highest BCUT2D eigenvalue weighted by Crippen LogP contribution is 2.35. The van der Waals surface area contributed by atoms with Crippen LogP contribution in [-0.2, 0) is 0 Å². The van der Waals surface area contributed by atoms with E-state index in [1.807, 2.05) is 0 Å². The zero-order valence-corrected chi connectivity index (χ0v) is 16.5. The van der Waals surface area contributed by atoms with Crippen molar-refractivity contribution in [2.75, 3.05) is 12.4 Å². The first-order chi connectivity index (χ1) is 13.3. The third-order valence-electron chi connectivity index (χ3n) is 3.78. The van der Waals surface area contributed by atoms with Crippen LogP contribution in [0.5, 0.6) is 5.75 Å². The zero-order valence-electron chi connectivity index (χ0n) is 14.3. The van der Waals surface area contributed by atoms with Crippen molar-refractivity contribution in [1.29, 1.82) is 0 Å². The van der Waals surface area contributed by atoms with Gasteiger partial charge in [-0.15, -0.1) is 0 Å². The molecule has 28 heavy (non-hydrogen) atoms. The van der Waals surface area contributed by atoms with Crippen LogP contribution in [0.1, 0.15) is 20.9 Å². The van der Waals surface area contributed by atoms with Gasteiger partial charge in [0.1, 0.15) is 5.76 Å². The second-order valence-electron chi connectivity index (χ2n) is 5.59. The van der Waals surface area contributed by atoms with E-state index in [1.54, 1.807) is 24.3 Å². The lowest BCUT2D eigenvalue weighted by atomic mass is 10.2. The monoisotopic (exact) mass is 439 g/mol. The SMILES string of the molecule is COc1c(Cl)cc(C(=O)O)cc1NC(=O)c1ccc(-c2ccc(Cl)c(Cl)c2)o1. The Kier molecular flexibility index (Phi) is 5.84. The van der Waals surface area contributed by atoms with Crippen molar-refractivity contribution in [3.8, 4) is 17.1 Å². The molecule has 3 aromatic rings. The molecular weight excluding hydrogens is 429 g/mol. The minimum atomic E-state index is -1.19. The minimum Gasteiger partial charge on any atom is -0.493 e. The predicted octanol–water partition coefficient (Wildman–Crippen LogP) is 5.87. The Labute approximate surface area is 174 Å². The number of carbonyl (C=O) groups is 2. The van der Waals surface area contributed by atoms with Gasteiger partial charge in [0, 0.05) is 5.56 Å². The molecule has 0 bridgehead atoms. The number of ether oxygens (including phenoxy) is 1. The fraction of sp³-hybridized carbons (Fsp3) is 0.0526. The van der Waals surface area contributed by atoms with Crippen molar-refractivity contribution in [1.82, 2.24) is 0 Å². The number of rotatable bonds is 5. The molecule has 2 N–H and O–H groups in total. The Morgan fingerprint density at radius 3 is 2.39 bits per heavy atom. The molecule has 3 rings (SSSR count). The number of carboxylic acids is 1. The number of nitrogens with one attached hydrogen (secondary N) is 1. The summed E-state index contributed by atoms with van der Waals surface area (Å²) in [6, 6.07) is 10.5. The summed E-state index contributed by atoms with van der Waals surface area (Å²) >= 11 is 17.9. The number of methoxy groups -OCH3 is 1. The first kappa shape index (κ1) is 20.1.